The van der Waals surface area contributed by atoms with Gasteiger partial charge in [-0.15, -0.1) is 12.4 Å². The molecule has 118 valence electrons. The zero-order valence-electron chi connectivity index (χ0n) is 12.6. The number of methoxy groups -OCH3 is 1. The average Bonchev–Trinajstić information content (AvgIpc) is 2.77. The number of hydrogen-bond acceptors (Lipinski definition) is 3. The van der Waals surface area contributed by atoms with Crippen LogP contribution in [0.15, 0.2) is 18.2 Å². The summed E-state index contributed by atoms with van der Waals surface area (Å²) in [4.78, 5) is 2.46. The molecule has 1 aromatic carbocycles. The SMILES string of the molecule is COc1ccc(Cl)cc1CN(C)C1CC2CCC(C1)N2.Cl. The lowest BCUT2D eigenvalue weighted by molar-refractivity contribution is 0.164. The molecule has 2 aliphatic rings. The van der Waals surface area contributed by atoms with Gasteiger partial charge >= 0.3 is 0 Å². The molecule has 3 rings (SSSR count). The molecule has 2 heterocycles. The van der Waals surface area contributed by atoms with Crippen LogP contribution in [0.3, 0.4) is 0 Å². The van der Waals surface area contributed by atoms with E-state index in [4.69, 9.17) is 16.3 Å². The molecule has 3 nitrogen and oxygen atoms in total. The van der Waals surface area contributed by atoms with E-state index >= 15 is 0 Å². The third-order valence-corrected chi connectivity index (χ3v) is 4.97. The standard InChI is InChI=1S/C16H23ClN2O.ClH/c1-19(15-8-13-4-5-14(9-15)18-13)10-11-7-12(17)3-6-16(11)20-2;/h3,6-7,13-15,18H,4-5,8-10H2,1-2H3;1H. The second kappa shape index (κ2) is 7.19. The van der Waals surface area contributed by atoms with E-state index in [9.17, 15) is 0 Å². The van der Waals surface area contributed by atoms with Crippen molar-refractivity contribution in [2.75, 3.05) is 14.2 Å². The number of nitrogens with zero attached hydrogens (tertiary/aromatic N) is 1. The molecule has 2 saturated heterocycles. The van der Waals surface area contributed by atoms with Gasteiger partial charge in [0.2, 0.25) is 0 Å². The van der Waals surface area contributed by atoms with Crippen LogP contribution in [-0.2, 0) is 6.54 Å². The first-order valence-corrected chi connectivity index (χ1v) is 7.82. The Morgan fingerprint density at radius 2 is 1.95 bits per heavy atom. The van der Waals surface area contributed by atoms with Gasteiger partial charge in [-0.2, -0.15) is 0 Å². The number of fused-ring (bicyclic) bond motifs is 2. The Morgan fingerprint density at radius 3 is 2.57 bits per heavy atom. The summed E-state index contributed by atoms with van der Waals surface area (Å²) in [6.45, 7) is 0.897. The van der Waals surface area contributed by atoms with E-state index in [1.54, 1.807) is 7.11 Å². The van der Waals surface area contributed by atoms with Gasteiger partial charge in [-0.1, -0.05) is 11.6 Å². The van der Waals surface area contributed by atoms with Gasteiger partial charge in [0.15, 0.2) is 0 Å². The summed E-state index contributed by atoms with van der Waals surface area (Å²) in [7, 11) is 3.94. The minimum absolute atomic E-state index is 0. The molecule has 0 aliphatic carbocycles. The van der Waals surface area contributed by atoms with Crippen LogP contribution in [0.5, 0.6) is 5.75 Å². The van der Waals surface area contributed by atoms with Gasteiger partial charge in [0.05, 0.1) is 7.11 Å². The molecular weight excluding hydrogens is 307 g/mol. The third kappa shape index (κ3) is 3.84. The largest absolute Gasteiger partial charge is 0.496 e. The lowest BCUT2D eigenvalue weighted by atomic mass is 9.98. The number of halogens is 2. The van der Waals surface area contributed by atoms with Crippen LogP contribution in [0.1, 0.15) is 31.2 Å². The van der Waals surface area contributed by atoms with Gasteiger partial charge in [0.25, 0.3) is 0 Å². The molecule has 5 heteroatoms. The van der Waals surface area contributed by atoms with E-state index in [-0.39, 0.29) is 12.4 Å². The van der Waals surface area contributed by atoms with Crippen molar-refractivity contribution < 1.29 is 4.74 Å². The quantitative estimate of drug-likeness (QED) is 0.914. The summed E-state index contributed by atoms with van der Waals surface area (Å²) < 4.78 is 5.45. The molecule has 2 bridgehead atoms. The molecule has 2 fully saturated rings. The molecule has 0 spiro atoms. The molecule has 2 atom stereocenters. The van der Waals surface area contributed by atoms with Crippen molar-refractivity contribution in [1.82, 2.24) is 10.2 Å². The Morgan fingerprint density at radius 1 is 1.29 bits per heavy atom. The zero-order chi connectivity index (χ0) is 14.1. The van der Waals surface area contributed by atoms with Crippen molar-refractivity contribution in [3.63, 3.8) is 0 Å². The zero-order valence-corrected chi connectivity index (χ0v) is 14.2. The summed E-state index contributed by atoms with van der Waals surface area (Å²) >= 11 is 6.12. The Kier molecular flexibility index (Phi) is 5.78. The van der Waals surface area contributed by atoms with Crippen LogP contribution in [0.4, 0.5) is 0 Å². The molecular formula is C16H24Cl2N2O. The fraction of sp³-hybridized carbons (Fsp3) is 0.625. The van der Waals surface area contributed by atoms with Gasteiger partial charge in [-0.25, -0.2) is 0 Å². The lowest BCUT2D eigenvalue weighted by Crippen LogP contribution is -2.46. The fourth-order valence-electron chi connectivity index (χ4n) is 3.66. The van der Waals surface area contributed by atoms with Crippen LogP contribution < -0.4 is 10.1 Å². The van der Waals surface area contributed by atoms with Crippen LogP contribution in [0, 0.1) is 0 Å². The first-order valence-electron chi connectivity index (χ1n) is 7.44. The topological polar surface area (TPSA) is 24.5 Å². The molecule has 0 saturated carbocycles. The number of benzene rings is 1. The normalized spacial score (nSPS) is 27.5. The number of ether oxygens (including phenoxy) is 1. The van der Waals surface area contributed by atoms with Crippen molar-refractivity contribution >= 4 is 24.0 Å². The van der Waals surface area contributed by atoms with Crippen LogP contribution in [0.25, 0.3) is 0 Å². The van der Waals surface area contributed by atoms with E-state index < -0.39 is 0 Å². The average molecular weight is 331 g/mol. The number of hydrogen-bond donors (Lipinski definition) is 1. The molecule has 0 aromatic heterocycles. The monoisotopic (exact) mass is 330 g/mol. The van der Waals surface area contributed by atoms with E-state index in [0.717, 1.165) is 29.4 Å². The molecule has 0 amide bonds. The van der Waals surface area contributed by atoms with Crippen molar-refractivity contribution in [2.45, 2.75) is 50.4 Å². The van der Waals surface area contributed by atoms with E-state index in [1.807, 2.05) is 18.2 Å². The Bertz CT molecular complexity index is 471. The van der Waals surface area contributed by atoms with Crippen LogP contribution >= 0.6 is 24.0 Å². The highest BCUT2D eigenvalue weighted by atomic mass is 35.5. The van der Waals surface area contributed by atoms with Crippen molar-refractivity contribution in [3.8, 4) is 5.75 Å². The van der Waals surface area contributed by atoms with Gasteiger partial charge < -0.3 is 10.1 Å². The number of nitrogens with one attached hydrogen (secondary N) is 1. The molecule has 1 N–H and O–H groups in total. The summed E-state index contributed by atoms with van der Waals surface area (Å²) in [6.07, 6.45) is 5.21. The number of rotatable bonds is 4. The lowest BCUT2D eigenvalue weighted by Gasteiger charge is -2.35. The highest BCUT2D eigenvalue weighted by Gasteiger charge is 2.35. The Labute approximate surface area is 138 Å². The first-order chi connectivity index (χ1) is 9.65. The highest BCUT2D eigenvalue weighted by Crippen LogP contribution is 2.31. The number of piperidine rings is 1. The highest BCUT2D eigenvalue weighted by molar-refractivity contribution is 6.30. The molecule has 21 heavy (non-hydrogen) atoms. The van der Waals surface area contributed by atoms with E-state index in [0.29, 0.717) is 6.04 Å². The summed E-state index contributed by atoms with van der Waals surface area (Å²) in [6, 6.07) is 7.97. The van der Waals surface area contributed by atoms with Crippen molar-refractivity contribution in [2.24, 2.45) is 0 Å². The predicted octanol–water partition coefficient (Wildman–Crippen LogP) is 3.49. The van der Waals surface area contributed by atoms with Crippen molar-refractivity contribution in [3.05, 3.63) is 28.8 Å². The minimum Gasteiger partial charge on any atom is -0.496 e. The third-order valence-electron chi connectivity index (χ3n) is 4.73. The van der Waals surface area contributed by atoms with Gasteiger partial charge in [-0.05, 0) is 50.9 Å². The predicted molar refractivity (Wildman–Crippen MR) is 89.7 cm³/mol. The molecule has 1 aromatic rings. The van der Waals surface area contributed by atoms with Crippen molar-refractivity contribution in [1.29, 1.82) is 0 Å². The van der Waals surface area contributed by atoms with Crippen LogP contribution in [-0.4, -0.2) is 37.2 Å². The maximum Gasteiger partial charge on any atom is 0.123 e. The molecule has 2 unspecified atom stereocenters. The maximum absolute atomic E-state index is 6.12. The summed E-state index contributed by atoms with van der Waals surface area (Å²) in [5.41, 5.74) is 1.17. The maximum atomic E-state index is 6.12. The van der Waals surface area contributed by atoms with E-state index in [1.165, 1.54) is 31.2 Å². The fourth-order valence-corrected chi connectivity index (χ4v) is 3.85. The molecule has 2 aliphatic heterocycles. The Balaban J connectivity index is 0.00000161. The van der Waals surface area contributed by atoms with Crippen LogP contribution in [0.2, 0.25) is 5.02 Å². The van der Waals surface area contributed by atoms with E-state index in [2.05, 4.69) is 17.3 Å². The van der Waals surface area contributed by atoms with Gasteiger partial charge in [0.1, 0.15) is 5.75 Å². The van der Waals surface area contributed by atoms with Gasteiger partial charge in [0, 0.05) is 35.3 Å². The molecule has 0 radical (unpaired) electrons. The smallest absolute Gasteiger partial charge is 0.123 e. The first kappa shape index (κ1) is 16.9. The summed E-state index contributed by atoms with van der Waals surface area (Å²) in [5, 5.41) is 4.48. The van der Waals surface area contributed by atoms with Gasteiger partial charge in [-0.3, -0.25) is 4.90 Å². The second-order valence-corrected chi connectivity index (χ2v) is 6.57. The Hall–Kier alpha value is -0.480. The second-order valence-electron chi connectivity index (χ2n) is 6.13. The minimum atomic E-state index is 0. The summed E-state index contributed by atoms with van der Waals surface area (Å²) in [5.74, 6) is 0.929.